The lowest BCUT2D eigenvalue weighted by Gasteiger charge is -2.12. The molecule has 0 aliphatic carbocycles. The van der Waals surface area contributed by atoms with E-state index in [0.717, 1.165) is 10.4 Å². The fourth-order valence-corrected chi connectivity index (χ4v) is 3.67. The van der Waals surface area contributed by atoms with Crippen LogP contribution in [0.2, 0.25) is 0 Å². The summed E-state index contributed by atoms with van der Waals surface area (Å²) in [6, 6.07) is 1.62. The molecular formula is C16H14BrN3O3S. The van der Waals surface area contributed by atoms with E-state index in [2.05, 4.69) is 30.9 Å². The monoisotopic (exact) mass is 407 g/mol. The Morgan fingerprint density at radius 1 is 1.38 bits per heavy atom. The van der Waals surface area contributed by atoms with Gasteiger partial charge in [-0.25, -0.2) is 9.78 Å². The summed E-state index contributed by atoms with van der Waals surface area (Å²) in [6.45, 7) is 5.51. The third-order valence-electron chi connectivity index (χ3n) is 3.67. The second-order valence-corrected chi connectivity index (χ2v) is 7.47. The summed E-state index contributed by atoms with van der Waals surface area (Å²) in [4.78, 5) is 37.3. The number of nitrogens with zero attached hydrogens (tertiary/aromatic N) is 2. The number of pyridine rings is 1. The van der Waals surface area contributed by atoms with E-state index in [-0.39, 0.29) is 5.56 Å². The number of aromatic amines is 1. The van der Waals surface area contributed by atoms with Crippen molar-refractivity contribution in [1.82, 2.24) is 15.0 Å². The van der Waals surface area contributed by atoms with Gasteiger partial charge < -0.3 is 9.72 Å². The van der Waals surface area contributed by atoms with Gasteiger partial charge in [0.25, 0.3) is 5.56 Å². The number of H-pyrrole nitrogens is 1. The molecule has 0 radical (unpaired) electrons. The summed E-state index contributed by atoms with van der Waals surface area (Å²) in [6.07, 6.45) is 2.32. The predicted molar refractivity (Wildman–Crippen MR) is 95.5 cm³/mol. The molecule has 24 heavy (non-hydrogen) atoms. The average Bonchev–Trinajstić information content (AvgIpc) is 2.82. The van der Waals surface area contributed by atoms with Crippen LogP contribution in [0.5, 0.6) is 0 Å². The van der Waals surface area contributed by atoms with Gasteiger partial charge in [0, 0.05) is 21.7 Å². The van der Waals surface area contributed by atoms with Crippen LogP contribution in [0, 0.1) is 13.8 Å². The highest BCUT2D eigenvalue weighted by Crippen LogP contribution is 2.27. The molecule has 3 rings (SSSR count). The van der Waals surface area contributed by atoms with E-state index in [1.807, 2.05) is 13.8 Å². The molecule has 0 saturated carbocycles. The number of ether oxygens (including phenoxy) is 1. The Labute approximate surface area is 150 Å². The van der Waals surface area contributed by atoms with E-state index in [9.17, 15) is 9.59 Å². The molecule has 1 N–H and O–H groups in total. The van der Waals surface area contributed by atoms with Gasteiger partial charge in [-0.15, -0.1) is 11.3 Å². The molecule has 0 unspecified atom stereocenters. The molecule has 8 heteroatoms. The first kappa shape index (κ1) is 16.8. The number of esters is 1. The van der Waals surface area contributed by atoms with Gasteiger partial charge >= 0.3 is 5.97 Å². The third-order valence-corrected chi connectivity index (χ3v) is 5.20. The van der Waals surface area contributed by atoms with Gasteiger partial charge in [-0.3, -0.25) is 9.78 Å². The molecule has 6 nitrogen and oxygen atoms in total. The number of carbonyl (C=O) groups is 1. The minimum atomic E-state index is -0.684. The summed E-state index contributed by atoms with van der Waals surface area (Å²) in [5.74, 6) is -0.206. The Morgan fingerprint density at radius 2 is 2.12 bits per heavy atom. The van der Waals surface area contributed by atoms with Crippen LogP contribution in [0.4, 0.5) is 0 Å². The topological polar surface area (TPSA) is 84.9 Å². The lowest BCUT2D eigenvalue weighted by Crippen LogP contribution is -2.17. The van der Waals surface area contributed by atoms with Crippen LogP contribution < -0.4 is 5.56 Å². The number of carbonyl (C=O) groups excluding carboxylic acids is 1. The molecule has 0 amide bonds. The molecule has 0 fully saturated rings. The van der Waals surface area contributed by atoms with E-state index in [0.29, 0.717) is 26.1 Å². The highest BCUT2D eigenvalue weighted by molar-refractivity contribution is 9.10. The number of hydrogen-bond acceptors (Lipinski definition) is 6. The number of nitrogens with one attached hydrogen (secondary N) is 1. The smallest absolute Gasteiger partial charge is 0.340 e. The van der Waals surface area contributed by atoms with Crippen LogP contribution in [0.25, 0.3) is 10.2 Å². The van der Waals surface area contributed by atoms with Crippen LogP contribution in [-0.2, 0) is 4.74 Å². The number of halogens is 1. The minimum absolute atomic E-state index is 0.219. The first-order valence-electron chi connectivity index (χ1n) is 7.18. The van der Waals surface area contributed by atoms with E-state index < -0.39 is 12.1 Å². The van der Waals surface area contributed by atoms with E-state index in [1.165, 1.54) is 17.5 Å². The second kappa shape index (κ2) is 6.45. The summed E-state index contributed by atoms with van der Waals surface area (Å²) in [7, 11) is 0. The quantitative estimate of drug-likeness (QED) is 0.669. The number of rotatable bonds is 3. The standard InChI is InChI=1S/C16H14BrN3O3S/c1-7-9(3)24-15-12(7)14(21)19-13(20-15)8(2)23-16(22)10-4-11(17)6-18-5-10/h4-6,8H,1-3H3,(H,19,20,21)/t8-/m1/s1. The van der Waals surface area contributed by atoms with Crippen molar-refractivity contribution in [3.05, 3.63) is 55.1 Å². The molecule has 0 saturated heterocycles. The van der Waals surface area contributed by atoms with Gasteiger partial charge in [0.15, 0.2) is 11.9 Å². The molecule has 0 aliphatic rings. The van der Waals surface area contributed by atoms with Crippen molar-refractivity contribution in [2.75, 3.05) is 0 Å². The van der Waals surface area contributed by atoms with Crippen LogP contribution in [0.3, 0.4) is 0 Å². The lowest BCUT2D eigenvalue weighted by atomic mass is 10.2. The zero-order valence-corrected chi connectivity index (χ0v) is 15.6. The van der Waals surface area contributed by atoms with E-state index >= 15 is 0 Å². The van der Waals surface area contributed by atoms with Crippen molar-refractivity contribution in [1.29, 1.82) is 0 Å². The van der Waals surface area contributed by atoms with Gasteiger partial charge in [-0.2, -0.15) is 0 Å². The maximum atomic E-state index is 12.3. The third kappa shape index (κ3) is 3.11. The normalized spacial score (nSPS) is 12.3. The van der Waals surface area contributed by atoms with Crippen LogP contribution in [0.1, 0.15) is 39.7 Å². The van der Waals surface area contributed by atoms with Crippen LogP contribution in [-0.4, -0.2) is 20.9 Å². The number of thiophene rings is 1. The van der Waals surface area contributed by atoms with Crippen molar-refractivity contribution in [2.24, 2.45) is 0 Å². The number of fused-ring (bicyclic) bond motifs is 1. The largest absolute Gasteiger partial charge is 0.451 e. The SMILES string of the molecule is Cc1sc2nc([C@@H](C)OC(=O)c3cncc(Br)c3)[nH]c(=O)c2c1C. The van der Waals surface area contributed by atoms with Gasteiger partial charge in [0.2, 0.25) is 0 Å². The van der Waals surface area contributed by atoms with Gasteiger partial charge in [0.05, 0.1) is 10.9 Å². The maximum absolute atomic E-state index is 12.3. The molecule has 3 aromatic heterocycles. The zero-order valence-electron chi connectivity index (χ0n) is 13.2. The molecule has 0 spiro atoms. The second-order valence-electron chi connectivity index (χ2n) is 5.35. The zero-order chi connectivity index (χ0) is 17.4. The van der Waals surface area contributed by atoms with Crippen molar-refractivity contribution in [3.8, 4) is 0 Å². The molecule has 0 aliphatic heterocycles. The molecule has 1 atom stereocenters. The van der Waals surface area contributed by atoms with Crippen molar-refractivity contribution < 1.29 is 9.53 Å². The van der Waals surface area contributed by atoms with E-state index in [1.54, 1.807) is 19.2 Å². The fourth-order valence-electron chi connectivity index (χ4n) is 2.27. The van der Waals surface area contributed by atoms with Crippen molar-refractivity contribution in [2.45, 2.75) is 26.9 Å². The Balaban J connectivity index is 1.90. The first-order chi connectivity index (χ1) is 11.4. The van der Waals surface area contributed by atoms with Crippen LogP contribution in [0.15, 0.2) is 27.7 Å². The summed E-state index contributed by atoms with van der Waals surface area (Å²) in [5.41, 5.74) is 1.03. The Hall–Kier alpha value is -2.06. The molecule has 3 heterocycles. The highest BCUT2D eigenvalue weighted by atomic mass is 79.9. The predicted octanol–water partition coefficient (Wildman–Crippen LogP) is 3.68. The number of aryl methyl sites for hydroxylation is 2. The maximum Gasteiger partial charge on any atom is 0.340 e. The molecule has 124 valence electrons. The summed E-state index contributed by atoms with van der Waals surface area (Å²) >= 11 is 4.71. The lowest BCUT2D eigenvalue weighted by molar-refractivity contribution is 0.0319. The van der Waals surface area contributed by atoms with Crippen LogP contribution >= 0.6 is 27.3 Å². The Kier molecular flexibility index (Phi) is 4.51. The number of aromatic nitrogens is 3. The molecule has 3 aromatic rings. The highest BCUT2D eigenvalue weighted by Gasteiger charge is 2.19. The molecule has 0 bridgehead atoms. The average molecular weight is 408 g/mol. The van der Waals surface area contributed by atoms with Crippen molar-refractivity contribution in [3.63, 3.8) is 0 Å². The fraction of sp³-hybridized carbons (Fsp3) is 0.250. The Morgan fingerprint density at radius 3 is 2.83 bits per heavy atom. The number of hydrogen-bond donors (Lipinski definition) is 1. The molecule has 0 aromatic carbocycles. The van der Waals surface area contributed by atoms with Crippen molar-refractivity contribution >= 4 is 43.5 Å². The van der Waals surface area contributed by atoms with E-state index in [4.69, 9.17) is 4.74 Å². The van der Waals surface area contributed by atoms with Gasteiger partial charge in [-0.1, -0.05) is 0 Å². The van der Waals surface area contributed by atoms with Gasteiger partial charge in [-0.05, 0) is 48.3 Å². The minimum Gasteiger partial charge on any atom is -0.451 e. The van der Waals surface area contributed by atoms with Gasteiger partial charge in [0.1, 0.15) is 4.83 Å². The first-order valence-corrected chi connectivity index (χ1v) is 8.79. The summed E-state index contributed by atoms with van der Waals surface area (Å²) in [5, 5.41) is 0.593. The molecular weight excluding hydrogens is 394 g/mol. The summed E-state index contributed by atoms with van der Waals surface area (Å²) < 4.78 is 6.07. The Bertz CT molecular complexity index is 996.